The van der Waals surface area contributed by atoms with Gasteiger partial charge in [0, 0.05) is 12.8 Å². The van der Waals surface area contributed by atoms with Crippen LogP contribution in [0.4, 0.5) is 0 Å². The van der Waals surface area contributed by atoms with Gasteiger partial charge in [-0.2, -0.15) is 0 Å². The zero-order chi connectivity index (χ0) is 23.6. The number of fused-ring (bicyclic) bond motifs is 1. The maximum absolute atomic E-state index is 11.2. The molecule has 0 aromatic carbocycles. The van der Waals surface area contributed by atoms with E-state index in [2.05, 4.69) is 32.6 Å². The average molecular weight is 463 g/mol. The number of unbranched alkanes of at least 4 members (excludes halogenated alkanes) is 1. The highest BCUT2D eigenvalue weighted by Crippen LogP contribution is 2.58. The zero-order valence-corrected chi connectivity index (χ0v) is 21.6. The second-order valence-electron chi connectivity index (χ2n) is 11.5. The van der Waals surface area contributed by atoms with E-state index in [9.17, 15) is 15.3 Å². The summed E-state index contributed by atoms with van der Waals surface area (Å²) < 4.78 is 0. The lowest BCUT2D eigenvalue weighted by molar-refractivity contribution is 0.0606. The van der Waals surface area contributed by atoms with Gasteiger partial charge in [-0.15, -0.1) is 11.8 Å². The Kier molecular flexibility index (Phi) is 8.45. The molecule has 3 N–H and O–H groups in total. The summed E-state index contributed by atoms with van der Waals surface area (Å²) in [5.74, 6) is 2.36. The fourth-order valence-electron chi connectivity index (χ4n) is 6.54. The van der Waals surface area contributed by atoms with Gasteiger partial charge in [0.05, 0.1) is 11.7 Å². The number of allylic oxidation sites excluding steroid dienone is 3. The first-order valence-electron chi connectivity index (χ1n) is 12.8. The Bertz CT molecular complexity index is 733. The molecule has 4 heteroatoms. The van der Waals surface area contributed by atoms with Gasteiger partial charge in [-0.3, -0.25) is 0 Å². The highest BCUT2D eigenvalue weighted by molar-refractivity contribution is 8.00. The molecular weight excluding hydrogens is 416 g/mol. The highest BCUT2D eigenvalue weighted by atomic mass is 32.2. The van der Waals surface area contributed by atoms with E-state index in [-0.39, 0.29) is 0 Å². The number of rotatable bonds is 8. The normalized spacial score (nSPS) is 38.5. The summed E-state index contributed by atoms with van der Waals surface area (Å²) in [5, 5.41) is 31.7. The first kappa shape index (κ1) is 26.1. The third kappa shape index (κ3) is 6.11. The van der Waals surface area contributed by atoms with Crippen LogP contribution in [-0.4, -0.2) is 37.7 Å². The Morgan fingerprint density at radius 3 is 2.66 bits per heavy atom. The number of hydrogen-bond acceptors (Lipinski definition) is 4. The first-order valence-corrected chi connectivity index (χ1v) is 13.8. The smallest absolute Gasteiger partial charge is 0.117 e. The standard InChI is InChI=1S/C28H46O3S/c1-6-23-13-14-24-21(10-9-16-27(23,24)5)11-12-22-18-28(31,19-25(29)20(22)2)32-17-8-7-15-26(3,4)30/h11-12,23-25,29-31H,2,6-10,13-19H2,1,3-5H3/t23-,24-,25-,27+,28-/m0/s1. The monoisotopic (exact) mass is 462 g/mol. The molecule has 0 bridgehead atoms. The molecule has 0 radical (unpaired) electrons. The van der Waals surface area contributed by atoms with E-state index in [0.717, 1.165) is 42.1 Å². The Morgan fingerprint density at radius 1 is 1.22 bits per heavy atom. The van der Waals surface area contributed by atoms with E-state index < -0.39 is 16.6 Å². The van der Waals surface area contributed by atoms with Gasteiger partial charge in [0.15, 0.2) is 0 Å². The summed E-state index contributed by atoms with van der Waals surface area (Å²) in [7, 11) is 0. The molecule has 0 amide bonds. The maximum atomic E-state index is 11.2. The lowest BCUT2D eigenvalue weighted by atomic mass is 9.63. The lowest BCUT2D eigenvalue weighted by Gasteiger charge is -2.42. The van der Waals surface area contributed by atoms with Gasteiger partial charge in [-0.05, 0) is 99.4 Å². The molecule has 0 heterocycles. The number of aliphatic hydroxyl groups is 3. The zero-order valence-electron chi connectivity index (χ0n) is 20.8. The van der Waals surface area contributed by atoms with Crippen molar-refractivity contribution in [3.8, 4) is 0 Å². The first-order chi connectivity index (χ1) is 15.0. The predicted octanol–water partition coefficient (Wildman–Crippen LogP) is 6.54. The van der Waals surface area contributed by atoms with Gasteiger partial charge < -0.3 is 15.3 Å². The summed E-state index contributed by atoms with van der Waals surface area (Å²) in [6, 6.07) is 0. The Balaban J connectivity index is 1.66. The van der Waals surface area contributed by atoms with Crippen molar-refractivity contribution in [3.05, 3.63) is 35.5 Å². The molecule has 3 nitrogen and oxygen atoms in total. The van der Waals surface area contributed by atoms with Crippen LogP contribution in [-0.2, 0) is 0 Å². The van der Waals surface area contributed by atoms with Gasteiger partial charge >= 0.3 is 0 Å². The van der Waals surface area contributed by atoms with Gasteiger partial charge in [0.1, 0.15) is 4.93 Å². The van der Waals surface area contributed by atoms with Crippen LogP contribution < -0.4 is 0 Å². The quantitative estimate of drug-likeness (QED) is 0.283. The van der Waals surface area contributed by atoms with E-state index in [4.69, 9.17) is 0 Å². The van der Waals surface area contributed by atoms with Gasteiger partial charge in [-0.1, -0.05) is 44.6 Å². The summed E-state index contributed by atoms with van der Waals surface area (Å²) in [4.78, 5) is -0.943. The van der Waals surface area contributed by atoms with Crippen LogP contribution in [0.5, 0.6) is 0 Å². The van der Waals surface area contributed by atoms with E-state index in [1.807, 2.05) is 13.8 Å². The minimum Gasteiger partial charge on any atom is -0.390 e. The summed E-state index contributed by atoms with van der Waals surface area (Å²) in [5.41, 5.74) is 3.15. The van der Waals surface area contributed by atoms with Gasteiger partial charge in [0.2, 0.25) is 0 Å². The predicted molar refractivity (Wildman–Crippen MR) is 137 cm³/mol. The Hall–Kier alpha value is -0.550. The van der Waals surface area contributed by atoms with Crippen LogP contribution in [0.3, 0.4) is 0 Å². The summed E-state index contributed by atoms with van der Waals surface area (Å²) in [6.45, 7) is 12.7. The molecule has 3 aliphatic rings. The summed E-state index contributed by atoms with van der Waals surface area (Å²) in [6.07, 6.45) is 15.1. The van der Waals surface area contributed by atoms with Gasteiger partial charge in [-0.25, -0.2) is 0 Å². The van der Waals surface area contributed by atoms with Crippen LogP contribution in [0, 0.1) is 17.3 Å². The van der Waals surface area contributed by atoms with Crippen molar-refractivity contribution in [3.63, 3.8) is 0 Å². The highest BCUT2D eigenvalue weighted by Gasteiger charge is 2.48. The van der Waals surface area contributed by atoms with Crippen LogP contribution >= 0.6 is 11.8 Å². The maximum Gasteiger partial charge on any atom is 0.117 e. The summed E-state index contributed by atoms with van der Waals surface area (Å²) >= 11 is 1.55. The molecular formula is C28H46O3S. The number of hydrogen-bond donors (Lipinski definition) is 3. The van der Waals surface area contributed by atoms with E-state index in [1.54, 1.807) is 17.3 Å². The van der Waals surface area contributed by atoms with Crippen molar-refractivity contribution in [2.45, 2.75) is 115 Å². The lowest BCUT2D eigenvalue weighted by Crippen LogP contribution is -2.37. The molecule has 0 unspecified atom stereocenters. The van der Waals surface area contributed by atoms with Crippen LogP contribution in [0.1, 0.15) is 98.3 Å². The Morgan fingerprint density at radius 2 is 1.97 bits per heavy atom. The second kappa shape index (κ2) is 10.4. The number of thioether (sulfide) groups is 1. The molecule has 0 spiro atoms. The van der Waals surface area contributed by atoms with Crippen LogP contribution in [0.25, 0.3) is 0 Å². The fraction of sp³-hybridized carbons (Fsp3) is 0.786. The minimum atomic E-state index is -0.943. The fourth-order valence-corrected chi connectivity index (χ4v) is 7.81. The van der Waals surface area contributed by atoms with Crippen molar-refractivity contribution in [1.29, 1.82) is 0 Å². The molecule has 5 atom stereocenters. The number of aliphatic hydroxyl groups excluding tert-OH is 1. The van der Waals surface area contributed by atoms with Crippen molar-refractivity contribution in [1.82, 2.24) is 0 Å². The molecule has 32 heavy (non-hydrogen) atoms. The molecule has 3 fully saturated rings. The molecule has 0 aliphatic heterocycles. The molecule has 182 valence electrons. The Labute approximate surface area is 200 Å². The van der Waals surface area contributed by atoms with Crippen molar-refractivity contribution >= 4 is 11.8 Å². The van der Waals surface area contributed by atoms with E-state index in [0.29, 0.717) is 24.2 Å². The molecule has 3 saturated carbocycles. The second-order valence-corrected chi connectivity index (χ2v) is 13.0. The largest absolute Gasteiger partial charge is 0.390 e. The minimum absolute atomic E-state index is 0.342. The molecule has 3 aliphatic carbocycles. The van der Waals surface area contributed by atoms with Crippen molar-refractivity contribution in [2.24, 2.45) is 17.3 Å². The topological polar surface area (TPSA) is 60.7 Å². The molecule has 0 aromatic heterocycles. The van der Waals surface area contributed by atoms with E-state index >= 15 is 0 Å². The van der Waals surface area contributed by atoms with Crippen LogP contribution in [0.2, 0.25) is 0 Å². The van der Waals surface area contributed by atoms with E-state index in [1.165, 1.54) is 38.5 Å². The molecule has 3 rings (SSSR count). The molecule has 0 saturated heterocycles. The average Bonchev–Trinajstić information content (AvgIpc) is 3.05. The van der Waals surface area contributed by atoms with Crippen LogP contribution in [0.15, 0.2) is 35.5 Å². The molecule has 0 aromatic rings. The SMILES string of the molecule is C=C1C(=CC=C2CCC[C@]3(C)[C@@H](CC)CC[C@@H]23)C[C@](O)(SCCCCC(C)(C)O)C[C@@H]1O. The third-order valence-corrected chi connectivity index (χ3v) is 9.84. The third-order valence-electron chi connectivity index (χ3n) is 8.50. The van der Waals surface area contributed by atoms with Crippen molar-refractivity contribution < 1.29 is 15.3 Å². The van der Waals surface area contributed by atoms with Crippen molar-refractivity contribution in [2.75, 3.05) is 5.75 Å². The van der Waals surface area contributed by atoms with Gasteiger partial charge in [0.25, 0.3) is 0 Å².